The van der Waals surface area contributed by atoms with E-state index in [0.717, 1.165) is 5.56 Å². The first kappa shape index (κ1) is 6.67. The molecule has 62 valence electrons. The summed E-state index contributed by atoms with van der Waals surface area (Å²) in [4.78, 5) is 0. The summed E-state index contributed by atoms with van der Waals surface area (Å²) in [5, 5.41) is 9.86. The largest absolute Gasteiger partial charge is 0.388 e. The van der Waals surface area contributed by atoms with Gasteiger partial charge in [0.1, 0.15) is 0 Å². The van der Waals surface area contributed by atoms with Crippen molar-refractivity contribution in [1.29, 1.82) is 0 Å². The van der Waals surface area contributed by atoms with Crippen molar-refractivity contribution in [3.8, 4) is 0 Å². The Balaban J connectivity index is 2.25. The number of benzene rings is 1. The first-order chi connectivity index (χ1) is 5.73. The fourth-order valence-electron chi connectivity index (χ4n) is 2.66. The van der Waals surface area contributed by atoms with Gasteiger partial charge in [-0.05, 0) is 28.9 Å². The van der Waals surface area contributed by atoms with Crippen LogP contribution in [0.4, 0.5) is 0 Å². The lowest BCUT2D eigenvalue weighted by atomic mass is 9.98. The number of hydrogen-bond donors (Lipinski definition) is 1. The minimum Gasteiger partial charge on any atom is -0.388 e. The third-order valence-corrected chi connectivity index (χ3v) is 3.58. The normalized spacial score (nSPS) is 42.2. The summed E-state index contributed by atoms with van der Waals surface area (Å²) in [6, 6.07) is 8.29. The molecule has 0 bridgehead atoms. The molecule has 0 radical (unpaired) electrons. The lowest BCUT2D eigenvalue weighted by molar-refractivity contribution is 0.156. The Hall–Kier alpha value is -0.820. The molecule has 1 N–H and O–H groups in total. The maximum atomic E-state index is 9.86. The Kier molecular flexibility index (Phi) is 0.969. The van der Waals surface area contributed by atoms with Crippen LogP contribution < -0.4 is 0 Å². The van der Waals surface area contributed by atoms with E-state index >= 15 is 0 Å². The van der Waals surface area contributed by atoms with Crippen LogP contribution >= 0.6 is 0 Å². The monoisotopic (exact) mass is 160 g/mol. The van der Waals surface area contributed by atoms with Gasteiger partial charge in [0.2, 0.25) is 0 Å². The van der Waals surface area contributed by atoms with Gasteiger partial charge in [-0.15, -0.1) is 0 Å². The van der Waals surface area contributed by atoms with Crippen LogP contribution in [0.5, 0.6) is 0 Å². The number of aliphatic hydroxyl groups is 1. The van der Waals surface area contributed by atoms with E-state index in [9.17, 15) is 5.11 Å². The molecular formula is C11H12O. The zero-order chi connectivity index (χ0) is 8.34. The summed E-state index contributed by atoms with van der Waals surface area (Å²) in [6.45, 7) is 2.26. The molecule has 1 aromatic carbocycles. The van der Waals surface area contributed by atoms with Gasteiger partial charge in [-0.25, -0.2) is 0 Å². The van der Waals surface area contributed by atoms with Crippen LogP contribution in [-0.4, -0.2) is 5.11 Å². The lowest BCUT2D eigenvalue weighted by Crippen LogP contribution is -1.98. The van der Waals surface area contributed by atoms with Crippen molar-refractivity contribution in [2.24, 2.45) is 5.92 Å². The molecule has 0 aromatic heterocycles. The van der Waals surface area contributed by atoms with Gasteiger partial charge in [0.05, 0.1) is 6.10 Å². The highest BCUT2D eigenvalue weighted by atomic mass is 16.3. The van der Waals surface area contributed by atoms with Gasteiger partial charge in [-0.3, -0.25) is 0 Å². The van der Waals surface area contributed by atoms with Crippen LogP contribution in [-0.2, 0) is 5.41 Å². The van der Waals surface area contributed by atoms with E-state index in [1.165, 1.54) is 12.0 Å². The average Bonchev–Trinajstić information content (AvgIpc) is 2.73. The molecule has 2 aliphatic rings. The van der Waals surface area contributed by atoms with Crippen molar-refractivity contribution >= 4 is 0 Å². The Morgan fingerprint density at radius 2 is 2.17 bits per heavy atom. The summed E-state index contributed by atoms with van der Waals surface area (Å²) >= 11 is 0. The number of rotatable bonds is 0. The first-order valence-corrected chi connectivity index (χ1v) is 4.51. The molecule has 0 spiro atoms. The van der Waals surface area contributed by atoms with E-state index in [0.29, 0.717) is 11.3 Å². The van der Waals surface area contributed by atoms with E-state index in [2.05, 4.69) is 25.1 Å². The summed E-state index contributed by atoms with van der Waals surface area (Å²) in [5.41, 5.74) is 2.86. The summed E-state index contributed by atoms with van der Waals surface area (Å²) < 4.78 is 0. The molecule has 12 heavy (non-hydrogen) atoms. The smallest absolute Gasteiger partial charge is 0.0829 e. The van der Waals surface area contributed by atoms with Gasteiger partial charge >= 0.3 is 0 Å². The second-order valence-corrected chi connectivity index (χ2v) is 4.26. The van der Waals surface area contributed by atoms with E-state index in [1.807, 2.05) is 6.07 Å². The Bertz CT molecular complexity index is 345. The SMILES string of the molecule is C[C@]12C[C@H]1[C@H](O)c1ccccc12. The van der Waals surface area contributed by atoms with Crippen molar-refractivity contribution in [1.82, 2.24) is 0 Å². The van der Waals surface area contributed by atoms with Crippen LogP contribution in [0.3, 0.4) is 0 Å². The minimum absolute atomic E-state index is 0.189. The lowest BCUT2D eigenvalue weighted by Gasteiger charge is -2.08. The second kappa shape index (κ2) is 1.74. The molecule has 1 saturated carbocycles. The zero-order valence-corrected chi connectivity index (χ0v) is 7.12. The second-order valence-electron chi connectivity index (χ2n) is 4.26. The third-order valence-electron chi connectivity index (χ3n) is 3.58. The molecule has 0 heterocycles. The quantitative estimate of drug-likeness (QED) is 0.615. The van der Waals surface area contributed by atoms with Gasteiger partial charge in [0.15, 0.2) is 0 Å². The molecule has 2 aliphatic carbocycles. The van der Waals surface area contributed by atoms with Crippen LogP contribution in [0, 0.1) is 5.92 Å². The van der Waals surface area contributed by atoms with Gasteiger partial charge in [-0.1, -0.05) is 31.2 Å². The van der Waals surface area contributed by atoms with Gasteiger partial charge < -0.3 is 5.11 Å². The highest BCUT2D eigenvalue weighted by Gasteiger charge is 2.60. The summed E-state index contributed by atoms with van der Waals surface area (Å²) in [6.07, 6.45) is 0.983. The molecule has 1 nitrogen and oxygen atoms in total. The fourth-order valence-corrected chi connectivity index (χ4v) is 2.66. The molecule has 1 heteroatoms. The third kappa shape index (κ3) is 0.558. The minimum atomic E-state index is -0.189. The van der Waals surface area contributed by atoms with Crippen molar-refractivity contribution in [2.45, 2.75) is 24.9 Å². The number of hydrogen-bond acceptors (Lipinski definition) is 1. The highest BCUT2D eigenvalue weighted by Crippen LogP contribution is 2.65. The topological polar surface area (TPSA) is 20.2 Å². The van der Waals surface area contributed by atoms with E-state index in [-0.39, 0.29) is 6.10 Å². The molecule has 3 atom stereocenters. The van der Waals surface area contributed by atoms with E-state index < -0.39 is 0 Å². The van der Waals surface area contributed by atoms with Crippen molar-refractivity contribution in [3.63, 3.8) is 0 Å². The van der Waals surface area contributed by atoms with E-state index in [4.69, 9.17) is 0 Å². The summed E-state index contributed by atoms with van der Waals surface area (Å²) in [7, 11) is 0. The maximum Gasteiger partial charge on any atom is 0.0829 e. The molecule has 0 saturated heterocycles. The molecular weight excluding hydrogens is 148 g/mol. The predicted octanol–water partition coefficient (Wildman–Crippen LogP) is 2.01. The Morgan fingerprint density at radius 1 is 1.42 bits per heavy atom. The van der Waals surface area contributed by atoms with Gasteiger partial charge in [0.25, 0.3) is 0 Å². The van der Waals surface area contributed by atoms with E-state index in [1.54, 1.807) is 0 Å². The van der Waals surface area contributed by atoms with Crippen molar-refractivity contribution < 1.29 is 5.11 Å². The van der Waals surface area contributed by atoms with Gasteiger partial charge in [-0.2, -0.15) is 0 Å². The molecule has 0 amide bonds. The Morgan fingerprint density at radius 3 is 2.92 bits per heavy atom. The van der Waals surface area contributed by atoms with Gasteiger partial charge in [0, 0.05) is 0 Å². The zero-order valence-electron chi connectivity index (χ0n) is 7.12. The number of fused-ring (bicyclic) bond motifs is 3. The average molecular weight is 160 g/mol. The fraction of sp³-hybridized carbons (Fsp3) is 0.455. The predicted molar refractivity (Wildman–Crippen MR) is 46.9 cm³/mol. The first-order valence-electron chi connectivity index (χ1n) is 4.51. The molecule has 0 aliphatic heterocycles. The van der Waals surface area contributed by atoms with Crippen LogP contribution in [0.2, 0.25) is 0 Å². The van der Waals surface area contributed by atoms with Crippen LogP contribution in [0.15, 0.2) is 24.3 Å². The van der Waals surface area contributed by atoms with Crippen molar-refractivity contribution in [3.05, 3.63) is 35.4 Å². The molecule has 3 rings (SSSR count). The van der Waals surface area contributed by atoms with Crippen LogP contribution in [0.1, 0.15) is 30.6 Å². The molecule has 1 fully saturated rings. The number of aliphatic hydroxyl groups excluding tert-OH is 1. The highest BCUT2D eigenvalue weighted by molar-refractivity contribution is 5.48. The summed E-state index contributed by atoms with van der Waals surface area (Å²) in [5.74, 6) is 0.509. The molecule has 1 aromatic rings. The maximum absolute atomic E-state index is 9.86. The van der Waals surface area contributed by atoms with Crippen molar-refractivity contribution in [2.75, 3.05) is 0 Å². The Labute approximate surface area is 72.0 Å². The molecule has 0 unspecified atom stereocenters. The standard InChI is InChI=1S/C11H12O/c1-11-6-9(11)10(12)7-4-2-3-5-8(7)11/h2-5,9-10,12H,6H2,1H3/t9-,10+,11+/m0/s1. The van der Waals surface area contributed by atoms with Crippen LogP contribution in [0.25, 0.3) is 0 Å².